The molecule has 3 heterocycles. The summed E-state index contributed by atoms with van der Waals surface area (Å²) < 4.78 is 1.78. The molecule has 4 rings (SSSR count). The topological polar surface area (TPSA) is 50.5 Å². The maximum Gasteiger partial charge on any atom is 0.274 e. The van der Waals surface area contributed by atoms with E-state index in [0.717, 1.165) is 12.3 Å². The zero-order chi connectivity index (χ0) is 16.5. The van der Waals surface area contributed by atoms with Crippen LogP contribution in [0.2, 0.25) is 0 Å². The summed E-state index contributed by atoms with van der Waals surface area (Å²) in [6, 6.07) is 12.1. The van der Waals surface area contributed by atoms with Crippen molar-refractivity contribution in [2.75, 3.05) is 12.3 Å². The largest absolute Gasteiger partial charge is 0.328 e. The summed E-state index contributed by atoms with van der Waals surface area (Å²) in [6.45, 7) is 2.92. The number of carbonyl (C=O) groups excluding carboxylic acids is 1. The van der Waals surface area contributed by atoms with Crippen LogP contribution in [0.15, 0.2) is 55.0 Å². The van der Waals surface area contributed by atoms with Gasteiger partial charge in [0, 0.05) is 36.1 Å². The van der Waals surface area contributed by atoms with Gasteiger partial charge in [0.2, 0.25) is 5.78 Å². The van der Waals surface area contributed by atoms with E-state index in [0.29, 0.717) is 16.7 Å². The first-order valence-electron chi connectivity index (χ1n) is 8.01. The molecule has 2 aromatic heterocycles. The van der Waals surface area contributed by atoms with Crippen molar-refractivity contribution in [3.05, 3.63) is 66.2 Å². The minimum Gasteiger partial charge on any atom is -0.328 e. The lowest BCUT2D eigenvalue weighted by Crippen LogP contribution is -2.44. The molecule has 0 radical (unpaired) electrons. The highest BCUT2D eigenvalue weighted by Crippen LogP contribution is 2.36. The summed E-state index contributed by atoms with van der Waals surface area (Å²) in [5.74, 6) is 1.47. The van der Waals surface area contributed by atoms with Gasteiger partial charge in [0.25, 0.3) is 5.91 Å². The maximum atomic E-state index is 13.1. The first kappa shape index (κ1) is 15.2. The summed E-state index contributed by atoms with van der Waals surface area (Å²) in [6.07, 6.45) is 5.30. The van der Waals surface area contributed by atoms with Gasteiger partial charge >= 0.3 is 0 Å². The van der Waals surface area contributed by atoms with Crippen LogP contribution >= 0.6 is 11.8 Å². The Morgan fingerprint density at radius 3 is 2.88 bits per heavy atom. The smallest absolute Gasteiger partial charge is 0.274 e. The van der Waals surface area contributed by atoms with Crippen LogP contribution in [0.25, 0.3) is 5.78 Å². The van der Waals surface area contributed by atoms with Crippen molar-refractivity contribution >= 4 is 23.4 Å². The van der Waals surface area contributed by atoms with Gasteiger partial charge in [0.05, 0.1) is 6.04 Å². The summed E-state index contributed by atoms with van der Waals surface area (Å²) in [5, 5.41) is 0.347. The molecule has 1 fully saturated rings. The molecule has 1 aliphatic heterocycles. The van der Waals surface area contributed by atoms with Gasteiger partial charge in [0.15, 0.2) is 0 Å². The van der Waals surface area contributed by atoms with E-state index in [4.69, 9.17) is 0 Å². The fraction of sp³-hybridized carbons (Fsp3) is 0.278. The van der Waals surface area contributed by atoms with Crippen molar-refractivity contribution in [2.45, 2.75) is 18.2 Å². The number of benzene rings is 1. The molecule has 1 aromatic carbocycles. The van der Waals surface area contributed by atoms with Crippen LogP contribution in [-0.4, -0.2) is 42.7 Å². The third kappa shape index (κ3) is 2.67. The fourth-order valence-electron chi connectivity index (χ4n) is 3.23. The second-order valence-electron chi connectivity index (χ2n) is 5.88. The van der Waals surface area contributed by atoms with Crippen molar-refractivity contribution in [1.29, 1.82) is 0 Å². The van der Waals surface area contributed by atoms with Gasteiger partial charge < -0.3 is 4.90 Å². The number of nitrogens with zero attached hydrogens (tertiary/aromatic N) is 4. The van der Waals surface area contributed by atoms with E-state index < -0.39 is 0 Å². The standard InChI is InChI=1S/C18H18N4OS/c1-13-16(14-6-3-2-4-7-14)22(10-11-24-13)17(23)15-12-21-9-5-8-19-18(21)20-15/h2-9,12-13,16H,10-11H2,1H3/t13-,16+/m0/s1. The van der Waals surface area contributed by atoms with Crippen LogP contribution in [0, 0.1) is 0 Å². The SMILES string of the molecule is C[C@@H]1SCCN(C(=O)c2cn3cccnc3n2)[C@H]1c1ccccc1. The van der Waals surface area contributed by atoms with Crippen molar-refractivity contribution < 1.29 is 4.79 Å². The van der Waals surface area contributed by atoms with Gasteiger partial charge in [-0.1, -0.05) is 37.3 Å². The molecule has 2 atom stereocenters. The molecular weight excluding hydrogens is 320 g/mol. The average molecular weight is 338 g/mol. The molecule has 0 N–H and O–H groups in total. The van der Waals surface area contributed by atoms with Crippen molar-refractivity contribution in [3.8, 4) is 0 Å². The Morgan fingerprint density at radius 1 is 1.25 bits per heavy atom. The van der Waals surface area contributed by atoms with Gasteiger partial charge in [-0.15, -0.1) is 0 Å². The number of thioether (sulfide) groups is 1. The Kier molecular flexibility index (Phi) is 3.98. The predicted molar refractivity (Wildman–Crippen MR) is 95.1 cm³/mol. The predicted octanol–water partition coefficient (Wildman–Crippen LogP) is 3.05. The average Bonchev–Trinajstić information content (AvgIpc) is 3.06. The van der Waals surface area contributed by atoms with Gasteiger partial charge in [-0.3, -0.25) is 9.20 Å². The summed E-state index contributed by atoms with van der Waals surface area (Å²) >= 11 is 1.91. The number of hydrogen-bond donors (Lipinski definition) is 0. The highest BCUT2D eigenvalue weighted by molar-refractivity contribution is 8.00. The number of rotatable bonds is 2. The van der Waals surface area contributed by atoms with E-state index in [-0.39, 0.29) is 11.9 Å². The number of aromatic nitrogens is 3. The normalized spacial score (nSPS) is 21.1. The van der Waals surface area contributed by atoms with Crippen molar-refractivity contribution in [2.24, 2.45) is 0 Å². The van der Waals surface area contributed by atoms with E-state index in [1.54, 1.807) is 16.8 Å². The highest BCUT2D eigenvalue weighted by Gasteiger charge is 2.34. The molecule has 1 aliphatic rings. The van der Waals surface area contributed by atoms with Crippen molar-refractivity contribution in [1.82, 2.24) is 19.3 Å². The second-order valence-corrected chi connectivity index (χ2v) is 7.37. The van der Waals surface area contributed by atoms with Crippen molar-refractivity contribution in [3.63, 3.8) is 0 Å². The molecule has 0 spiro atoms. The maximum absolute atomic E-state index is 13.1. The molecule has 0 bridgehead atoms. The zero-order valence-electron chi connectivity index (χ0n) is 13.4. The Hall–Kier alpha value is -2.34. The number of amides is 1. The third-order valence-corrected chi connectivity index (χ3v) is 5.55. The van der Waals surface area contributed by atoms with Crippen LogP contribution in [0.1, 0.15) is 29.0 Å². The number of hydrogen-bond acceptors (Lipinski definition) is 4. The molecule has 6 heteroatoms. The second kappa shape index (κ2) is 6.28. The quantitative estimate of drug-likeness (QED) is 0.721. The van der Waals surface area contributed by atoms with Crippen LogP contribution in [0.3, 0.4) is 0 Å². The summed E-state index contributed by atoms with van der Waals surface area (Å²) in [4.78, 5) is 23.7. The lowest BCUT2D eigenvalue weighted by atomic mass is 10.0. The Balaban J connectivity index is 1.70. The molecule has 1 saturated heterocycles. The zero-order valence-corrected chi connectivity index (χ0v) is 14.2. The lowest BCUT2D eigenvalue weighted by molar-refractivity contribution is 0.0675. The van der Waals surface area contributed by atoms with E-state index in [2.05, 4.69) is 29.0 Å². The van der Waals surface area contributed by atoms with Gasteiger partial charge in [0.1, 0.15) is 5.69 Å². The van der Waals surface area contributed by atoms with Gasteiger partial charge in [-0.25, -0.2) is 9.97 Å². The number of fused-ring (bicyclic) bond motifs is 1. The van der Waals surface area contributed by atoms with Crippen LogP contribution in [0.4, 0.5) is 0 Å². The van der Waals surface area contributed by atoms with Crippen LogP contribution in [-0.2, 0) is 0 Å². The molecule has 122 valence electrons. The fourth-order valence-corrected chi connectivity index (χ4v) is 4.39. The van der Waals surface area contributed by atoms with Gasteiger partial charge in [-0.2, -0.15) is 11.8 Å². The van der Waals surface area contributed by atoms with Crippen LogP contribution < -0.4 is 0 Å². The molecule has 24 heavy (non-hydrogen) atoms. The van der Waals surface area contributed by atoms with E-state index in [1.807, 2.05) is 47.1 Å². The first-order valence-corrected chi connectivity index (χ1v) is 9.06. The Bertz CT molecular complexity index is 831. The van der Waals surface area contributed by atoms with E-state index in [1.165, 1.54) is 5.56 Å². The summed E-state index contributed by atoms with van der Waals surface area (Å²) in [7, 11) is 0. The summed E-state index contributed by atoms with van der Waals surface area (Å²) in [5.41, 5.74) is 1.63. The molecule has 5 nitrogen and oxygen atoms in total. The van der Waals surface area contributed by atoms with E-state index in [9.17, 15) is 4.79 Å². The Labute approximate surface area is 144 Å². The number of carbonyl (C=O) groups is 1. The molecule has 0 aliphatic carbocycles. The first-order chi connectivity index (χ1) is 11.7. The monoisotopic (exact) mass is 338 g/mol. The molecular formula is C18H18N4OS. The van der Waals surface area contributed by atoms with E-state index >= 15 is 0 Å². The van der Waals surface area contributed by atoms with Crippen LogP contribution in [0.5, 0.6) is 0 Å². The number of imidazole rings is 1. The highest BCUT2D eigenvalue weighted by atomic mass is 32.2. The Morgan fingerprint density at radius 2 is 2.08 bits per heavy atom. The minimum atomic E-state index is -0.0264. The minimum absolute atomic E-state index is 0.0264. The molecule has 0 saturated carbocycles. The lowest BCUT2D eigenvalue weighted by Gasteiger charge is -2.39. The molecule has 0 unspecified atom stereocenters. The molecule has 1 amide bonds. The third-order valence-electron chi connectivity index (χ3n) is 4.35. The molecule has 3 aromatic rings. The van der Waals surface area contributed by atoms with Gasteiger partial charge in [-0.05, 0) is 11.6 Å².